The Balaban J connectivity index is 2.36. The summed E-state index contributed by atoms with van der Waals surface area (Å²) >= 11 is 0. The Hall–Kier alpha value is -1.52. The number of nitrogen functional groups attached to an aromatic ring is 1. The largest absolute Gasteiger partial charge is 0.384 e. The fourth-order valence-corrected chi connectivity index (χ4v) is 2.47. The van der Waals surface area contributed by atoms with E-state index in [4.69, 9.17) is 11.1 Å². The first-order chi connectivity index (χ1) is 8.56. The molecule has 18 heavy (non-hydrogen) atoms. The van der Waals surface area contributed by atoms with Crippen LogP contribution in [0, 0.1) is 12.3 Å². The van der Waals surface area contributed by atoms with Gasteiger partial charge < -0.3 is 10.6 Å². The van der Waals surface area contributed by atoms with Crippen molar-refractivity contribution in [2.45, 2.75) is 45.6 Å². The number of unbranched alkanes of at least 4 members (excludes halogenated alkanes) is 1. The first kappa shape index (κ1) is 12.9. The van der Waals surface area contributed by atoms with E-state index >= 15 is 0 Å². The quantitative estimate of drug-likeness (QED) is 0.596. The van der Waals surface area contributed by atoms with Crippen molar-refractivity contribution in [3.05, 3.63) is 11.3 Å². The summed E-state index contributed by atoms with van der Waals surface area (Å²) in [7, 11) is 1.94. The number of nitrogens with one attached hydrogen (secondary N) is 1. The van der Waals surface area contributed by atoms with Gasteiger partial charge in [0.15, 0.2) is 0 Å². The standard InChI is InChI=1S/C13H23N5/c1-4-5-8-18(10-6-7-10)13-11(12(14)15)9(2)16-17(13)3/h10H,4-8H2,1-3H3,(H3,14,15). The summed E-state index contributed by atoms with van der Waals surface area (Å²) in [6, 6.07) is 0.615. The number of aryl methyl sites for hydroxylation is 2. The van der Waals surface area contributed by atoms with Crippen molar-refractivity contribution in [3.8, 4) is 0 Å². The van der Waals surface area contributed by atoms with Gasteiger partial charge in [-0.2, -0.15) is 5.10 Å². The molecule has 0 unspecified atom stereocenters. The minimum Gasteiger partial charge on any atom is -0.384 e. The summed E-state index contributed by atoms with van der Waals surface area (Å²) in [6.45, 7) is 5.15. The van der Waals surface area contributed by atoms with Crippen molar-refractivity contribution < 1.29 is 0 Å². The van der Waals surface area contributed by atoms with Crippen molar-refractivity contribution in [2.24, 2.45) is 12.8 Å². The van der Waals surface area contributed by atoms with Crippen molar-refractivity contribution in [1.82, 2.24) is 9.78 Å². The molecule has 0 saturated heterocycles. The van der Waals surface area contributed by atoms with Gasteiger partial charge in [-0.05, 0) is 26.2 Å². The predicted octanol–water partition coefficient (Wildman–Crippen LogP) is 1.78. The fourth-order valence-electron chi connectivity index (χ4n) is 2.47. The van der Waals surface area contributed by atoms with E-state index in [0.717, 1.165) is 30.0 Å². The topological polar surface area (TPSA) is 70.9 Å². The van der Waals surface area contributed by atoms with Crippen LogP contribution in [0.3, 0.4) is 0 Å². The summed E-state index contributed by atoms with van der Waals surface area (Å²) < 4.78 is 1.88. The Morgan fingerprint density at radius 3 is 2.72 bits per heavy atom. The molecule has 0 radical (unpaired) electrons. The van der Waals surface area contributed by atoms with Gasteiger partial charge >= 0.3 is 0 Å². The van der Waals surface area contributed by atoms with Crippen LogP contribution in [-0.2, 0) is 7.05 Å². The van der Waals surface area contributed by atoms with E-state index in [1.165, 1.54) is 19.3 Å². The number of nitrogens with zero attached hydrogens (tertiary/aromatic N) is 3. The van der Waals surface area contributed by atoms with E-state index in [2.05, 4.69) is 16.9 Å². The number of amidine groups is 1. The van der Waals surface area contributed by atoms with Gasteiger partial charge in [0.1, 0.15) is 11.7 Å². The molecule has 1 saturated carbocycles. The summed E-state index contributed by atoms with van der Waals surface area (Å²) in [5.74, 6) is 1.15. The van der Waals surface area contributed by atoms with Crippen LogP contribution in [0.5, 0.6) is 0 Å². The number of aromatic nitrogens is 2. The highest BCUT2D eigenvalue weighted by molar-refractivity contribution is 6.01. The molecule has 0 atom stereocenters. The summed E-state index contributed by atoms with van der Waals surface area (Å²) in [5, 5.41) is 12.2. The van der Waals surface area contributed by atoms with Crippen molar-refractivity contribution >= 4 is 11.7 Å². The Kier molecular flexibility index (Phi) is 3.59. The van der Waals surface area contributed by atoms with E-state index in [-0.39, 0.29) is 5.84 Å². The lowest BCUT2D eigenvalue weighted by molar-refractivity contribution is 0.662. The van der Waals surface area contributed by atoms with Crippen LogP contribution < -0.4 is 10.6 Å². The molecule has 0 spiro atoms. The average Bonchev–Trinajstić information content (AvgIpc) is 3.06. The number of rotatable bonds is 6. The van der Waals surface area contributed by atoms with Crippen LogP contribution in [0.4, 0.5) is 5.82 Å². The molecular weight excluding hydrogens is 226 g/mol. The molecule has 0 bridgehead atoms. The predicted molar refractivity (Wildman–Crippen MR) is 74.2 cm³/mol. The first-order valence-corrected chi connectivity index (χ1v) is 6.70. The third kappa shape index (κ3) is 2.35. The van der Waals surface area contributed by atoms with E-state index < -0.39 is 0 Å². The number of hydrogen-bond donors (Lipinski definition) is 2. The minimum atomic E-state index is 0.123. The first-order valence-electron chi connectivity index (χ1n) is 6.70. The molecule has 3 N–H and O–H groups in total. The van der Waals surface area contributed by atoms with Gasteiger partial charge in [0.05, 0.1) is 11.3 Å². The van der Waals surface area contributed by atoms with Crippen LogP contribution in [0.15, 0.2) is 0 Å². The molecule has 5 heteroatoms. The highest BCUT2D eigenvalue weighted by Gasteiger charge is 2.33. The Morgan fingerprint density at radius 1 is 1.56 bits per heavy atom. The maximum absolute atomic E-state index is 7.76. The van der Waals surface area contributed by atoms with E-state index in [9.17, 15) is 0 Å². The molecule has 0 aliphatic heterocycles. The zero-order valence-corrected chi connectivity index (χ0v) is 11.5. The number of nitrogens with two attached hydrogens (primary N) is 1. The molecule has 1 heterocycles. The number of anilines is 1. The van der Waals surface area contributed by atoms with Crippen molar-refractivity contribution in [3.63, 3.8) is 0 Å². The smallest absolute Gasteiger partial charge is 0.138 e. The lowest BCUT2D eigenvalue weighted by Gasteiger charge is -2.25. The van der Waals surface area contributed by atoms with Crippen molar-refractivity contribution in [2.75, 3.05) is 11.4 Å². The van der Waals surface area contributed by atoms with Crippen LogP contribution >= 0.6 is 0 Å². The van der Waals surface area contributed by atoms with Gasteiger partial charge in [-0.1, -0.05) is 13.3 Å². The van der Waals surface area contributed by atoms with Crippen molar-refractivity contribution in [1.29, 1.82) is 5.41 Å². The van der Waals surface area contributed by atoms with E-state index in [0.29, 0.717) is 6.04 Å². The highest BCUT2D eigenvalue weighted by Crippen LogP contribution is 2.34. The van der Waals surface area contributed by atoms with Gasteiger partial charge in [0.2, 0.25) is 0 Å². The molecule has 1 aliphatic rings. The summed E-state index contributed by atoms with van der Waals surface area (Å²) in [6.07, 6.45) is 4.82. The third-order valence-electron chi connectivity index (χ3n) is 3.47. The minimum absolute atomic E-state index is 0.123. The molecule has 0 aromatic carbocycles. The molecule has 1 aromatic heterocycles. The zero-order chi connectivity index (χ0) is 13.3. The second kappa shape index (κ2) is 5.00. The van der Waals surface area contributed by atoms with Gasteiger partial charge in [0, 0.05) is 19.6 Å². The lowest BCUT2D eigenvalue weighted by Crippen LogP contribution is -2.31. The highest BCUT2D eigenvalue weighted by atomic mass is 15.4. The van der Waals surface area contributed by atoms with Gasteiger partial charge in [0.25, 0.3) is 0 Å². The Bertz CT molecular complexity index is 444. The molecular formula is C13H23N5. The monoisotopic (exact) mass is 249 g/mol. The SMILES string of the molecule is CCCCN(c1c(C(=N)N)c(C)nn1C)C1CC1. The normalized spacial score (nSPS) is 14.8. The average molecular weight is 249 g/mol. The molecule has 5 nitrogen and oxygen atoms in total. The molecule has 0 amide bonds. The lowest BCUT2D eigenvalue weighted by atomic mass is 10.2. The second-order valence-corrected chi connectivity index (χ2v) is 5.10. The fraction of sp³-hybridized carbons (Fsp3) is 0.692. The van der Waals surface area contributed by atoms with E-state index in [1.54, 1.807) is 0 Å². The second-order valence-electron chi connectivity index (χ2n) is 5.10. The third-order valence-corrected chi connectivity index (χ3v) is 3.47. The Morgan fingerprint density at radius 2 is 2.22 bits per heavy atom. The van der Waals surface area contributed by atoms with E-state index in [1.807, 2.05) is 18.7 Å². The summed E-state index contributed by atoms with van der Waals surface area (Å²) in [5.41, 5.74) is 7.37. The molecule has 1 fully saturated rings. The molecule has 100 valence electrons. The molecule has 1 aliphatic carbocycles. The molecule has 2 rings (SSSR count). The van der Waals surface area contributed by atoms with Gasteiger partial charge in [-0.25, -0.2) is 0 Å². The van der Waals surface area contributed by atoms with Crippen LogP contribution in [0.25, 0.3) is 0 Å². The van der Waals surface area contributed by atoms with Crippen LogP contribution in [0.1, 0.15) is 43.9 Å². The Labute approximate surface area is 108 Å². The molecule has 1 aromatic rings. The zero-order valence-electron chi connectivity index (χ0n) is 11.5. The van der Waals surface area contributed by atoms with Gasteiger partial charge in [-0.15, -0.1) is 0 Å². The van der Waals surface area contributed by atoms with Crippen LogP contribution in [0.2, 0.25) is 0 Å². The summed E-state index contributed by atoms with van der Waals surface area (Å²) in [4.78, 5) is 2.39. The van der Waals surface area contributed by atoms with Gasteiger partial charge in [-0.3, -0.25) is 10.1 Å². The van der Waals surface area contributed by atoms with Crippen LogP contribution in [-0.4, -0.2) is 28.2 Å². The number of hydrogen-bond acceptors (Lipinski definition) is 3. The maximum Gasteiger partial charge on any atom is 0.138 e. The maximum atomic E-state index is 7.76.